The Morgan fingerprint density at radius 2 is 2.04 bits per heavy atom. The number of hydrogen-bond donors (Lipinski definition) is 0. The largest absolute Gasteiger partial charge is 0.377 e. The normalized spacial score (nSPS) is 18.4. The van der Waals surface area contributed by atoms with Crippen LogP contribution in [0.25, 0.3) is 5.52 Å². The van der Waals surface area contributed by atoms with Crippen molar-refractivity contribution in [2.24, 2.45) is 0 Å². The van der Waals surface area contributed by atoms with Gasteiger partial charge < -0.3 is 14.0 Å². The summed E-state index contributed by atoms with van der Waals surface area (Å²) < 4.78 is 7.56. The molecular weight excluding hydrogens is 290 g/mol. The van der Waals surface area contributed by atoms with Crippen LogP contribution in [0.15, 0.2) is 24.4 Å². The van der Waals surface area contributed by atoms with Crippen molar-refractivity contribution in [1.29, 1.82) is 0 Å². The summed E-state index contributed by atoms with van der Waals surface area (Å²) in [5.74, 6) is 0.889. The summed E-state index contributed by atoms with van der Waals surface area (Å²) in [6, 6.07) is 5.88. The highest BCUT2D eigenvalue weighted by molar-refractivity contribution is 5.99. The molecule has 0 unspecified atom stereocenters. The van der Waals surface area contributed by atoms with Crippen molar-refractivity contribution in [3.8, 4) is 0 Å². The molecule has 124 valence electrons. The fraction of sp³-hybridized carbons (Fsp3) is 0.556. The predicted octanol–water partition coefficient (Wildman–Crippen LogP) is 2.88. The van der Waals surface area contributed by atoms with E-state index in [1.54, 1.807) is 0 Å². The number of carbonyl (C=O) groups excluding carboxylic acids is 1. The molecule has 0 saturated carbocycles. The third-order valence-electron chi connectivity index (χ3n) is 4.31. The molecule has 3 rings (SSSR count). The van der Waals surface area contributed by atoms with Crippen molar-refractivity contribution < 1.29 is 9.53 Å². The smallest absolute Gasteiger partial charge is 0.275 e. The zero-order valence-corrected chi connectivity index (χ0v) is 14.6. The van der Waals surface area contributed by atoms with E-state index in [1.807, 2.05) is 47.5 Å². The number of amides is 1. The van der Waals surface area contributed by atoms with E-state index in [0.29, 0.717) is 25.5 Å². The van der Waals surface area contributed by atoms with Gasteiger partial charge >= 0.3 is 0 Å². The Morgan fingerprint density at radius 1 is 1.30 bits per heavy atom. The lowest BCUT2D eigenvalue weighted by Crippen LogP contribution is -2.55. The monoisotopic (exact) mass is 315 g/mol. The average molecular weight is 315 g/mol. The van der Waals surface area contributed by atoms with Gasteiger partial charge in [0.2, 0.25) is 0 Å². The van der Waals surface area contributed by atoms with E-state index in [0.717, 1.165) is 11.3 Å². The van der Waals surface area contributed by atoms with Crippen LogP contribution < -0.4 is 0 Å². The summed E-state index contributed by atoms with van der Waals surface area (Å²) in [6.07, 6.45) is 1.98. The van der Waals surface area contributed by atoms with Gasteiger partial charge in [0.05, 0.1) is 24.3 Å². The van der Waals surface area contributed by atoms with E-state index >= 15 is 0 Å². The van der Waals surface area contributed by atoms with Crippen LogP contribution in [-0.4, -0.2) is 45.5 Å². The van der Waals surface area contributed by atoms with Crippen LogP contribution in [0, 0.1) is 0 Å². The quantitative estimate of drug-likeness (QED) is 0.813. The van der Waals surface area contributed by atoms with Crippen LogP contribution in [0.1, 0.15) is 50.9 Å². The second-order valence-corrected chi connectivity index (χ2v) is 7.81. The van der Waals surface area contributed by atoms with Gasteiger partial charge in [0.1, 0.15) is 5.82 Å². The molecular formula is C18H25N3O2. The van der Waals surface area contributed by atoms with Crippen molar-refractivity contribution in [1.82, 2.24) is 14.3 Å². The van der Waals surface area contributed by atoms with Gasteiger partial charge in [0.25, 0.3) is 5.91 Å². The standard InChI is InChI=1S/C18H25N3O2/c1-17(2,3)16-19-14(13-8-6-7-9-20(13)16)15(22)21-10-11-23-12-18(21,4)5/h6-9H,10-12H2,1-5H3. The number of rotatable bonds is 1. The van der Waals surface area contributed by atoms with Crippen LogP contribution in [0.4, 0.5) is 0 Å². The molecule has 0 radical (unpaired) electrons. The predicted molar refractivity (Wildman–Crippen MR) is 89.8 cm³/mol. The number of hydrogen-bond acceptors (Lipinski definition) is 3. The molecule has 23 heavy (non-hydrogen) atoms. The molecule has 1 saturated heterocycles. The third kappa shape index (κ3) is 2.74. The van der Waals surface area contributed by atoms with Gasteiger partial charge in [-0.05, 0) is 26.0 Å². The maximum atomic E-state index is 13.2. The maximum absolute atomic E-state index is 13.2. The Balaban J connectivity index is 2.11. The first kappa shape index (κ1) is 16.0. The molecule has 1 fully saturated rings. The Kier molecular flexibility index (Phi) is 3.71. The minimum absolute atomic E-state index is 0.0162. The van der Waals surface area contributed by atoms with Crippen LogP contribution in [0.2, 0.25) is 0 Å². The molecule has 5 heteroatoms. The molecule has 0 spiro atoms. The van der Waals surface area contributed by atoms with E-state index in [-0.39, 0.29) is 16.9 Å². The van der Waals surface area contributed by atoms with Crippen molar-refractivity contribution in [3.63, 3.8) is 0 Å². The first-order valence-electron chi connectivity index (χ1n) is 8.09. The van der Waals surface area contributed by atoms with E-state index in [4.69, 9.17) is 9.72 Å². The lowest BCUT2D eigenvalue weighted by Gasteiger charge is -2.41. The zero-order chi connectivity index (χ0) is 16.8. The number of aromatic nitrogens is 2. The SMILES string of the molecule is CC(C)(C)c1nc(C(=O)N2CCOCC2(C)C)c2ccccn12. The topological polar surface area (TPSA) is 46.8 Å². The second-order valence-electron chi connectivity index (χ2n) is 7.81. The molecule has 0 bridgehead atoms. The Morgan fingerprint density at radius 3 is 2.70 bits per heavy atom. The summed E-state index contributed by atoms with van der Waals surface area (Å²) in [5.41, 5.74) is 0.945. The summed E-state index contributed by atoms with van der Waals surface area (Å²) in [6.45, 7) is 12.1. The number of nitrogens with zero attached hydrogens (tertiary/aromatic N) is 3. The van der Waals surface area contributed by atoms with Crippen LogP contribution in [0.3, 0.4) is 0 Å². The molecule has 2 aromatic heterocycles. The lowest BCUT2D eigenvalue weighted by atomic mass is 9.96. The van der Waals surface area contributed by atoms with Crippen molar-refractivity contribution in [2.75, 3.05) is 19.8 Å². The summed E-state index contributed by atoms with van der Waals surface area (Å²) in [4.78, 5) is 19.8. The molecule has 0 atom stereocenters. The summed E-state index contributed by atoms with van der Waals surface area (Å²) in [7, 11) is 0. The van der Waals surface area contributed by atoms with Crippen LogP contribution >= 0.6 is 0 Å². The molecule has 0 N–H and O–H groups in total. The number of morpholine rings is 1. The first-order chi connectivity index (χ1) is 10.7. The molecule has 3 heterocycles. The molecule has 2 aromatic rings. The van der Waals surface area contributed by atoms with E-state index in [1.165, 1.54) is 0 Å². The van der Waals surface area contributed by atoms with Crippen molar-refractivity contribution >= 4 is 11.4 Å². The summed E-state index contributed by atoms with van der Waals surface area (Å²) >= 11 is 0. The number of pyridine rings is 1. The minimum Gasteiger partial charge on any atom is -0.377 e. The van der Waals surface area contributed by atoms with E-state index < -0.39 is 0 Å². The average Bonchev–Trinajstić information content (AvgIpc) is 2.86. The number of imidazole rings is 1. The molecule has 0 aliphatic carbocycles. The Bertz CT molecular complexity index is 740. The van der Waals surface area contributed by atoms with E-state index in [2.05, 4.69) is 20.8 Å². The van der Waals surface area contributed by atoms with Crippen molar-refractivity contribution in [3.05, 3.63) is 35.9 Å². The van der Waals surface area contributed by atoms with Gasteiger partial charge in [-0.3, -0.25) is 4.79 Å². The second kappa shape index (κ2) is 5.34. The van der Waals surface area contributed by atoms with Gasteiger partial charge in [0.15, 0.2) is 5.69 Å². The van der Waals surface area contributed by atoms with Crippen molar-refractivity contribution in [2.45, 2.75) is 45.6 Å². The van der Waals surface area contributed by atoms with E-state index in [9.17, 15) is 4.79 Å². The maximum Gasteiger partial charge on any atom is 0.275 e. The number of ether oxygens (including phenoxy) is 1. The van der Waals surface area contributed by atoms with Gasteiger partial charge in [0, 0.05) is 18.2 Å². The fourth-order valence-corrected chi connectivity index (χ4v) is 3.09. The van der Waals surface area contributed by atoms with Gasteiger partial charge in [-0.2, -0.15) is 0 Å². The first-order valence-corrected chi connectivity index (χ1v) is 8.09. The highest BCUT2D eigenvalue weighted by Crippen LogP contribution is 2.27. The number of carbonyl (C=O) groups is 1. The Hall–Kier alpha value is -1.88. The lowest BCUT2D eigenvalue weighted by molar-refractivity contribution is -0.0372. The van der Waals surface area contributed by atoms with Gasteiger partial charge in [-0.25, -0.2) is 4.98 Å². The van der Waals surface area contributed by atoms with Gasteiger partial charge in [-0.15, -0.1) is 0 Å². The Labute approximate surface area is 137 Å². The highest BCUT2D eigenvalue weighted by atomic mass is 16.5. The highest BCUT2D eigenvalue weighted by Gasteiger charge is 2.37. The molecule has 1 aliphatic heterocycles. The molecule has 1 amide bonds. The van der Waals surface area contributed by atoms with Gasteiger partial charge in [-0.1, -0.05) is 26.8 Å². The molecule has 5 nitrogen and oxygen atoms in total. The minimum atomic E-state index is -0.318. The third-order valence-corrected chi connectivity index (χ3v) is 4.31. The molecule has 1 aliphatic rings. The summed E-state index contributed by atoms with van der Waals surface area (Å²) in [5, 5.41) is 0. The fourth-order valence-electron chi connectivity index (χ4n) is 3.09. The van der Waals surface area contributed by atoms with Crippen LogP contribution in [0.5, 0.6) is 0 Å². The molecule has 0 aromatic carbocycles. The number of fused-ring (bicyclic) bond motifs is 1. The van der Waals surface area contributed by atoms with Crippen LogP contribution in [-0.2, 0) is 10.2 Å². The zero-order valence-electron chi connectivity index (χ0n) is 14.6.